The second kappa shape index (κ2) is 8.31. The normalized spacial score (nSPS) is 11.0. The Balaban J connectivity index is 1.45. The molecule has 28 heavy (non-hydrogen) atoms. The molecule has 7 heteroatoms. The van der Waals surface area contributed by atoms with Gasteiger partial charge in [-0.3, -0.25) is 4.79 Å². The maximum absolute atomic E-state index is 12.1. The van der Waals surface area contributed by atoms with Crippen LogP contribution in [0.3, 0.4) is 0 Å². The number of hydrogen-bond donors (Lipinski definition) is 1. The van der Waals surface area contributed by atoms with Gasteiger partial charge in [-0.05, 0) is 18.6 Å². The molecule has 4 rings (SSSR count). The zero-order valence-electron chi connectivity index (χ0n) is 15.5. The Hall–Kier alpha value is -3.06. The van der Waals surface area contributed by atoms with Gasteiger partial charge in [-0.15, -0.1) is 10.2 Å². The van der Waals surface area contributed by atoms with Crippen LogP contribution in [0.25, 0.3) is 22.3 Å². The van der Waals surface area contributed by atoms with Crippen molar-refractivity contribution in [3.05, 3.63) is 66.4 Å². The van der Waals surface area contributed by atoms with E-state index in [-0.39, 0.29) is 18.3 Å². The number of carbonyl (C=O) groups is 1. The summed E-state index contributed by atoms with van der Waals surface area (Å²) in [6.07, 6.45) is 1.95. The van der Waals surface area contributed by atoms with Crippen LogP contribution in [-0.4, -0.2) is 31.5 Å². The predicted molar refractivity (Wildman–Crippen MR) is 110 cm³/mol. The molecule has 2 aromatic heterocycles. The van der Waals surface area contributed by atoms with E-state index in [1.54, 1.807) is 0 Å². The summed E-state index contributed by atoms with van der Waals surface area (Å²) >= 11 is 1.34. The lowest BCUT2D eigenvalue weighted by Gasteiger charge is -2.07. The van der Waals surface area contributed by atoms with Gasteiger partial charge in [-0.1, -0.05) is 60.3 Å². The van der Waals surface area contributed by atoms with Gasteiger partial charge in [-0.25, -0.2) is 0 Å². The largest absolute Gasteiger partial charge is 0.460 e. The van der Waals surface area contributed by atoms with Gasteiger partial charge in [0, 0.05) is 29.2 Å². The molecule has 6 nitrogen and oxygen atoms in total. The van der Waals surface area contributed by atoms with E-state index in [0.717, 1.165) is 27.9 Å². The molecule has 0 saturated heterocycles. The van der Waals surface area contributed by atoms with E-state index < -0.39 is 0 Å². The molecule has 0 atom stereocenters. The lowest BCUT2D eigenvalue weighted by Crippen LogP contribution is -2.08. The van der Waals surface area contributed by atoms with Crippen molar-refractivity contribution < 1.29 is 9.53 Å². The highest BCUT2D eigenvalue weighted by molar-refractivity contribution is 7.99. The van der Waals surface area contributed by atoms with Crippen LogP contribution < -0.4 is 0 Å². The van der Waals surface area contributed by atoms with Crippen LogP contribution in [0, 0.1) is 0 Å². The van der Waals surface area contributed by atoms with E-state index in [0.29, 0.717) is 11.7 Å². The number of esters is 1. The summed E-state index contributed by atoms with van der Waals surface area (Å²) in [5, 5.41) is 10.5. The van der Waals surface area contributed by atoms with Crippen LogP contribution >= 0.6 is 11.8 Å². The highest BCUT2D eigenvalue weighted by atomic mass is 32.2. The SMILES string of the molecule is CCn1c(SCC(=O)OCc2ccccc2)nnc1-c1c[nH]c2ccccc12. The average Bonchev–Trinajstić information content (AvgIpc) is 3.34. The molecule has 0 bridgehead atoms. The van der Waals surface area contributed by atoms with Gasteiger partial charge >= 0.3 is 5.97 Å². The summed E-state index contributed by atoms with van der Waals surface area (Å²) in [6.45, 7) is 3.03. The quantitative estimate of drug-likeness (QED) is 0.375. The topological polar surface area (TPSA) is 72.8 Å². The first-order valence-electron chi connectivity index (χ1n) is 9.08. The molecule has 2 aromatic carbocycles. The monoisotopic (exact) mass is 392 g/mol. The zero-order chi connectivity index (χ0) is 19.3. The first-order chi connectivity index (χ1) is 13.8. The minimum absolute atomic E-state index is 0.193. The predicted octanol–water partition coefficient (Wildman–Crippen LogP) is 4.28. The van der Waals surface area contributed by atoms with E-state index in [4.69, 9.17) is 4.74 Å². The third-order valence-electron chi connectivity index (χ3n) is 4.42. The number of thioether (sulfide) groups is 1. The summed E-state index contributed by atoms with van der Waals surface area (Å²) in [7, 11) is 0. The van der Waals surface area contributed by atoms with Crippen molar-refractivity contribution in [3.63, 3.8) is 0 Å². The van der Waals surface area contributed by atoms with Gasteiger partial charge in [0.15, 0.2) is 11.0 Å². The minimum atomic E-state index is -0.270. The van der Waals surface area contributed by atoms with Crippen molar-refractivity contribution >= 4 is 28.6 Å². The van der Waals surface area contributed by atoms with Crippen molar-refractivity contribution in [2.45, 2.75) is 25.2 Å². The Labute approximate surface area is 166 Å². The van der Waals surface area contributed by atoms with Gasteiger partial charge in [0.2, 0.25) is 0 Å². The molecule has 1 N–H and O–H groups in total. The van der Waals surface area contributed by atoms with Crippen molar-refractivity contribution in [3.8, 4) is 11.4 Å². The number of H-pyrrole nitrogens is 1. The van der Waals surface area contributed by atoms with Crippen molar-refractivity contribution in [1.29, 1.82) is 0 Å². The Morgan fingerprint density at radius 3 is 2.71 bits per heavy atom. The number of para-hydroxylation sites is 1. The van der Waals surface area contributed by atoms with Crippen LogP contribution in [0.4, 0.5) is 0 Å². The summed E-state index contributed by atoms with van der Waals surface area (Å²) < 4.78 is 7.36. The number of nitrogens with one attached hydrogen (secondary N) is 1. The van der Waals surface area contributed by atoms with Crippen molar-refractivity contribution in [1.82, 2.24) is 19.7 Å². The second-order valence-electron chi connectivity index (χ2n) is 6.23. The zero-order valence-corrected chi connectivity index (χ0v) is 16.3. The van der Waals surface area contributed by atoms with Crippen LogP contribution in [0.15, 0.2) is 66.0 Å². The Bertz CT molecular complexity index is 1090. The molecule has 0 saturated carbocycles. The molecule has 2 heterocycles. The molecule has 0 aliphatic heterocycles. The number of hydrogen-bond acceptors (Lipinski definition) is 5. The number of ether oxygens (including phenoxy) is 1. The second-order valence-corrected chi connectivity index (χ2v) is 7.18. The first kappa shape index (κ1) is 18.3. The third kappa shape index (κ3) is 3.80. The molecule has 0 aliphatic carbocycles. The number of aromatic nitrogens is 4. The van der Waals surface area contributed by atoms with Crippen LogP contribution in [0.1, 0.15) is 12.5 Å². The van der Waals surface area contributed by atoms with Crippen LogP contribution in [0.5, 0.6) is 0 Å². The maximum Gasteiger partial charge on any atom is 0.316 e. The molecule has 0 spiro atoms. The molecule has 4 aromatic rings. The van der Waals surface area contributed by atoms with Gasteiger partial charge in [0.1, 0.15) is 6.61 Å². The van der Waals surface area contributed by atoms with Gasteiger partial charge in [0.05, 0.1) is 5.75 Å². The van der Waals surface area contributed by atoms with E-state index in [1.807, 2.05) is 66.2 Å². The van der Waals surface area contributed by atoms with Gasteiger partial charge in [-0.2, -0.15) is 0 Å². The summed E-state index contributed by atoms with van der Waals surface area (Å²) in [4.78, 5) is 15.4. The number of rotatable bonds is 7. The van der Waals surface area contributed by atoms with Gasteiger partial charge in [0.25, 0.3) is 0 Å². The number of benzene rings is 2. The van der Waals surface area contributed by atoms with Crippen molar-refractivity contribution in [2.75, 3.05) is 5.75 Å². The van der Waals surface area contributed by atoms with E-state index >= 15 is 0 Å². The maximum atomic E-state index is 12.1. The Morgan fingerprint density at radius 2 is 1.89 bits per heavy atom. The molecule has 0 radical (unpaired) electrons. The fourth-order valence-electron chi connectivity index (χ4n) is 3.04. The number of fused-ring (bicyclic) bond motifs is 1. The van der Waals surface area contributed by atoms with Crippen molar-refractivity contribution in [2.24, 2.45) is 0 Å². The summed E-state index contributed by atoms with van der Waals surface area (Å²) in [5.41, 5.74) is 3.03. The number of nitrogens with zero attached hydrogens (tertiary/aromatic N) is 3. The molecule has 142 valence electrons. The first-order valence-corrected chi connectivity index (χ1v) is 10.1. The number of carbonyl (C=O) groups excluding carboxylic acids is 1. The highest BCUT2D eigenvalue weighted by Crippen LogP contribution is 2.29. The smallest absolute Gasteiger partial charge is 0.316 e. The average molecular weight is 392 g/mol. The highest BCUT2D eigenvalue weighted by Gasteiger charge is 2.17. The lowest BCUT2D eigenvalue weighted by molar-refractivity contribution is -0.141. The van der Waals surface area contributed by atoms with Crippen LogP contribution in [-0.2, 0) is 22.7 Å². The lowest BCUT2D eigenvalue weighted by atomic mass is 10.1. The summed E-state index contributed by atoms with van der Waals surface area (Å²) in [6, 6.07) is 17.7. The fraction of sp³-hybridized carbons (Fsp3) is 0.190. The molecular formula is C21H20N4O2S. The molecule has 0 fully saturated rings. The van der Waals surface area contributed by atoms with Gasteiger partial charge < -0.3 is 14.3 Å². The summed E-state index contributed by atoms with van der Waals surface area (Å²) in [5.74, 6) is 0.715. The van der Waals surface area contributed by atoms with Crippen LogP contribution in [0.2, 0.25) is 0 Å². The molecule has 0 unspecified atom stereocenters. The molecule has 0 amide bonds. The third-order valence-corrected chi connectivity index (χ3v) is 5.37. The Morgan fingerprint density at radius 1 is 1.11 bits per heavy atom. The molecular weight excluding hydrogens is 372 g/mol. The fourth-order valence-corrected chi connectivity index (χ4v) is 3.84. The Kier molecular flexibility index (Phi) is 5.43. The minimum Gasteiger partial charge on any atom is -0.460 e. The number of aromatic amines is 1. The van der Waals surface area contributed by atoms with E-state index in [9.17, 15) is 4.79 Å². The molecule has 0 aliphatic rings. The standard InChI is InChI=1S/C21H20N4O2S/c1-2-25-20(17-12-22-18-11-7-6-10-16(17)18)23-24-21(25)28-14-19(26)27-13-15-8-4-3-5-9-15/h3-12,22H,2,13-14H2,1H3. The van der Waals surface area contributed by atoms with E-state index in [2.05, 4.69) is 21.2 Å². The van der Waals surface area contributed by atoms with E-state index in [1.165, 1.54) is 11.8 Å².